The Bertz CT molecular complexity index is 481. The fourth-order valence-electron chi connectivity index (χ4n) is 2.06. The lowest BCUT2D eigenvalue weighted by Crippen LogP contribution is -2.36. The first-order valence-corrected chi connectivity index (χ1v) is 7.25. The molecule has 0 aromatic heterocycles. The summed E-state index contributed by atoms with van der Waals surface area (Å²) in [5.41, 5.74) is 1.53. The number of guanidine groups is 1. The molecule has 0 saturated carbocycles. The average molecular weight is 292 g/mol. The van der Waals surface area contributed by atoms with Gasteiger partial charge in [0.2, 0.25) is 0 Å². The van der Waals surface area contributed by atoms with Gasteiger partial charge in [-0.3, -0.25) is 4.99 Å². The van der Waals surface area contributed by atoms with Crippen molar-refractivity contribution in [3.63, 3.8) is 0 Å². The van der Waals surface area contributed by atoms with Crippen molar-refractivity contribution in [2.75, 3.05) is 31.6 Å². The molecule has 0 saturated heterocycles. The number of anilines is 1. The molecule has 0 aliphatic carbocycles. The summed E-state index contributed by atoms with van der Waals surface area (Å²) in [5, 5.41) is 6.21. The van der Waals surface area contributed by atoms with Crippen LogP contribution in [0.2, 0.25) is 0 Å². The van der Waals surface area contributed by atoms with Crippen LogP contribution in [0.15, 0.2) is 35.8 Å². The fraction of sp³-hybridized carbons (Fsp3) is 0.438. The molecule has 0 spiro atoms. The zero-order valence-corrected chi connectivity index (χ0v) is 13.1. The molecule has 0 aliphatic rings. The molecule has 2 N–H and O–H groups in total. The van der Waals surface area contributed by atoms with E-state index in [9.17, 15) is 4.39 Å². The summed E-state index contributed by atoms with van der Waals surface area (Å²) in [7, 11) is 1.70. The maximum Gasteiger partial charge on any atom is 0.191 e. The number of hydrogen-bond donors (Lipinski definition) is 2. The van der Waals surface area contributed by atoms with E-state index in [0.29, 0.717) is 24.7 Å². The Morgan fingerprint density at radius 3 is 2.57 bits per heavy atom. The maximum absolute atomic E-state index is 14.2. The normalized spacial score (nSPS) is 11.1. The summed E-state index contributed by atoms with van der Waals surface area (Å²) in [6.07, 6.45) is 1.76. The van der Waals surface area contributed by atoms with Crippen LogP contribution >= 0.6 is 0 Å². The molecule has 116 valence electrons. The molecular weight excluding hydrogens is 267 g/mol. The second-order valence-corrected chi connectivity index (χ2v) is 4.55. The minimum atomic E-state index is -0.188. The van der Waals surface area contributed by atoms with E-state index in [2.05, 4.69) is 22.2 Å². The minimum absolute atomic E-state index is 0.188. The van der Waals surface area contributed by atoms with E-state index in [1.807, 2.05) is 30.9 Å². The van der Waals surface area contributed by atoms with Gasteiger partial charge in [-0.1, -0.05) is 12.1 Å². The van der Waals surface area contributed by atoms with Crippen molar-refractivity contribution in [1.29, 1.82) is 0 Å². The van der Waals surface area contributed by atoms with Crippen LogP contribution in [0.25, 0.3) is 0 Å². The summed E-state index contributed by atoms with van der Waals surface area (Å²) in [6.45, 7) is 10.4. The Morgan fingerprint density at radius 1 is 1.33 bits per heavy atom. The molecular formula is C16H25FN4. The molecule has 1 aromatic rings. The Kier molecular flexibility index (Phi) is 7.29. The van der Waals surface area contributed by atoms with Crippen LogP contribution in [0.4, 0.5) is 10.1 Å². The summed E-state index contributed by atoms with van der Waals surface area (Å²) in [4.78, 5) is 6.08. The second-order valence-electron chi connectivity index (χ2n) is 4.55. The van der Waals surface area contributed by atoms with Crippen LogP contribution < -0.4 is 15.5 Å². The highest BCUT2D eigenvalue weighted by molar-refractivity contribution is 5.79. The number of hydrogen-bond acceptors (Lipinski definition) is 2. The van der Waals surface area contributed by atoms with Gasteiger partial charge in [-0.15, -0.1) is 6.58 Å². The predicted octanol–water partition coefficient (Wildman–Crippen LogP) is 2.52. The fourth-order valence-corrected chi connectivity index (χ4v) is 2.06. The van der Waals surface area contributed by atoms with E-state index in [1.165, 1.54) is 0 Å². The van der Waals surface area contributed by atoms with Crippen molar-refractivity contribution >= 4 is 11.6 Å². The Hall–Kier alpha value is -2.04. The largest absolute Gasteiger partial charge is 0.370 e. The van der Waals surface area contributed by atoms with Gasteiger partial charge < -0.3 is 15.5 Å². The van der Waals surface area contributed by atoms with Gasteiger partial charge in [-0.05, 0) is 31.5 Å². The van der Waals surface area contributed by atoms with E-state index >= 15 is 0 Å². The lowest BCUT2D eigenvalue weighted by molar-refractivity contribution is 0.617. The number of halogens is 1. The zero-order chi connectivity index (χ0) is 15.7. The van der Waals surface area contributed by atoms with Gasteiger partial charge in [0, 0.05) is 33.2 Å². The first-order chi connectivity index (χ1) is 10.2. The highest BCUT2D eigenvalue weighted by Gasteiger charge is 2.09. The number of nitrogens with zero attached hydrogens (tertiary/aromatic N) is 2. The van der Waals surface area contributed by atoms with E-state index in [1.54, 1.807) is 19.2 Å². The van der Waals surface area contributed by atoms with E-state index < -0.39 is 0 Å². The van der Waals surface area contributed by atoms with Crippen molar-refractivity contribution in [3.8, 4) is 0 Å². The van der Waals surface area contributed by atoms with E-state index in [4.69, 9.17) is 0 Å². The maximum atomic E-state index is 14.2. The molecule has 0 fully saturated rings. The highest BCUT2D eigenvalue weighted by atomic mass is 19.1. The third kappa shape index (κ3) is 5.10. The molecule has 0 atom stereocenters. The quantitative estimate of drug-likeness (QED) is 0.461. The summed E-state index contributed by atoms with van der Waals surface area (Å²) >= 11 is 0. The van der Waals surface area contributed by atoms with Crippen LogP contribution in [0.1, 0.15) is 19.4 Å². The second kappa shape index (κ2) is 9.00. The molecule has 5 heteroatoms. The smallest absolute Gasteiger partial charge is 0.191 e. The third-order valence-corrected chi connectivity index (χ3v) is 3.21. The molecule has 0 heterocycles. The molecule has 1 aromatic carbocycles. The molecule has 0 radical (unpaired) electrons. The summed E-state index contributed by atoms with van der Waals surface area (Å²) in [6, 6.07) is 5.34. The van der Waals surface area contributed by atoms with Crippen molar-refractivity contribution in [1.82, 2.24) is 10.6 Å². The number of nitrogens with one attached hydrogen (secondary N) is 2. The molecule has 4 nitrogen and oxygen atoms in total. The van der Waals surface area contributed by atoms with Gasteiger partial charge >= 0.3 is 0 Å². The molecule has 0 unspecified atom stereocenters. The SMILES string of the molecule is C=CCNC(=NC)NCc1ccc(N(CC)CC)c(F)c1. The van der Waals surface area contributed by atoms with Crippen LogP contribution in [0, 0.1) is 5.82 Å². The predicted molar refractivity (Wildman–Crippen MR) is 88.4 cm³/mol. The average Bonchev–Trinajstić information content (AvgIpc) is 2.50. The standard InChI is InChI=1S/C16H25FN4/c1-5-10-19-16(18-4)20-12-13-8-9-15(14(17)11-13)21(6-2)7-3/h5,8-9,11H,1,6-7,10,12H2,2-4H3,(H2,18,19,20). The molecule has 0 amide bonds. The van der Waals surface area contributed by atoms with Crippen LogP contribution in [0.3, 0.4) is 0 Å². The van der Waals surface area contributed by atoms with Crippen LogP contribution in [-0.2, 0) is 6.54 Å². The molecule has 21 heavy (non-hydrogen) atoms. The lowest BCUT2D eigenvalue weighted by Gasteiger charge is -2.22. The van der Waals surface area contributed by atoms with Crippen molar-refractivity contribution in [2.24, 2.45) is 4.99 Å². The van der Waals surface area contributed by atoms with Crippen molar-refractivity contribution in [3.05, 3.63) is 42.2 Å². The topological polar surface area (TPSA) is 39.7 Å². The van der Waals surface area contributed by atoms with Gasteiger partial charge in [-0.25, -0.2) is 4.39 Å². The first-order valence-electron chi connectivity index (χ1n) is 7.25. The van der Waals surface area contributed by atoms with Crippen LogP contribution in [0.5, 0.6) is 0 Å². The summed E-state index contributed by atoms with van der Waals surface area (Å²) < 4.78 is 14.2. The Labute approximate surface area is 126 Å². The van der Waals surface area contributed by atoms with Gasteiger partial charge in [0.05, 0.1) is 5.69 Å². The van der Waals surface area contributed by atoms with Gasteiger partial charge in [0.25, 0.3) is 0 Å². The van der Waals surface area contributed by atoms with E-state index in [0.717, 1.165) is 18.7 Å². The minimum Gasteiger partial charge on any atom is -0.370 e. The first kappa shape index (κ1) is 17.0. The third-order valence-electron chi connectivity index (χ3n) is 3.21. The monoisotopic (exact) mass is 292 g/mol. The van der Waals surface area contributed by atoms with Crippen molar-refractivity contribution < 1.29 is 4.39 Å². The number of rotatable bonds is 7. The summed E-state index contributed by atoms with van der Waals surface area (Å²) in [5.74, 6) is 0.482. The zero-order valence-electron chi connectivity index (χ0n) is 13.1. The van der Waals surface area contributed by atoms with Crippen LogP contribution in [-0.4, -0.2) is 32.6 Å². The van der Waals surface area contributed by atoms with Gasteiger partial charge in [0.15, 0.2) is 5.96 Å². The molecule has 0 aliphatic heterocycles. The van der Waals surface area contributed by atoms with E-state index in [-0.39, 0.29) is 5.82 Å². The Morgan fingerprint density at radius 2 is 2.05 bits per heavy atom. The lowest BCUT2D eigenvalue weighted by atomic mass is 10.2. The van der Waals surface area contributed by atoms with Gasteiger partial charge in [0.1, 0.15) is 5.82 Å². The Balaban J connectivity index is 2.69. The molecule has 1 rings (SSSR count). The number of aliphatic imine (C=N–C) groups is 1. The highest BCUT2D eigenvalue weighted by Crippen LogP contribution is 2.20. The van der Waals surface area contributed by atoms with Gasteiger partial charge in [-0.2, -0.15) is 0 Å². The number of benzene rings is 1. The van der Waals surface area contributed by atoms with Crippen molar-refractivity contribution in [2.45, 2.75) is 20.4 Å². The molecule has 0 bridgehead atoms.